The van der Waals surface area contributed by atoms with Crippen molar-refractivity contribution < 1.29 is 4.74 Å². The number of methoxy groups -OCH3 is 1. The molecule has 0 aliphatic rings. The number of halogens is 1. The zero-order valence-corrected chi connectivity index (χ0v) is 14.1. The molecule has 0 amide bonds. The second-order valence-corrected chi connectivity index (χ2v) is 6.05. The van der Waals surface area contributed by atoms with Crippen LogP contribution in [0.2, 0.25) is 5.02 Å². The Morgan fingerprint density at radius 2 is 1.55 bits per heavy atom. The van der Waals surface area contributed by atoms with Crippen molar-refractivity contribution in [3.05, 3.63) is 64.7 Å². The van der Waals surface area contributed by atoms with E-state index < -0.39 is 0 Å². The minimum Gasteiger partial charge on any atom is -0.497 e. The van der Waals surface area contributed by atoms with Gasteiger partial charge in [0.2, 0.25) is 0 Å². The Morgan fingerprint density at radius 1 is 0.955 bits per heavy atom. The third kappa shape index (κ3) is 5.70. The van der Waals surface area contributed by atoms with Crippen molar-refractivity contribution in [3.8, 4) is 5.75 Å². The average Bonchev–Trinajstić information content (AvgIpc) is 2.55. The predicted molar refractivity (Wildman–Crippen MR) is 93.9 cm³/mol. The van der Waals surface area contributed by atoms with E-state index in [1.54, 1.807) is 7.11 Å². The van der Waals surface area contributed by atoms with Gasteiger partial charge in [-0.1, -0.05) is 35.9 Å². The number of benzene rings is 2. The molecule has 0 aromatic heterocycles. The number of hydrogen-bond donors (Lipinski definition) is 1. The molecular formula is C19H24ClNO. The van der Waals surface area contributed by atoms with Crippen molar-refractivity contribution in [1.29, 1.82) is 0 Å². The highest BCUT2D eigenvalue weighted by molar-refractivity contribution is 6.30. The summed E-state index contributed by atoms with van der Waals surface area (Å²) in [5.74, 6) is 0.915. The molecule has 0 radical (unpaired) electrons. The molecule has 22 heavy (non-hydrogen) atoms. The van der Waals surface area contributed by atoms with Gasteiger partial charge in [-0.3, -0.25) is 0 Å². The fourth-order valence-electron chi connectivity index (χ4n) is 2.39. The minimum atomic E-state index is 0.509. The summed E-state index contributed by atoms with van der Waals surface area (Å²) in [6.07, 6.45) is 3.25. The number of rotatable bonds is 8. The standard InChI is InChI=1S/C19H24ClNO/c1-15(3-4-16-7-11-19(22-2)12-8-16)21-14-13-17-5-9-18(20)10-6-17/h5-12,15,21H,3-4,13-14H2,1-2H3/t15-/m1/s1. The first-order valence-electron chi connectivity index (χ1n) is 7.78. The summed E-state index contributed by atoms with van der Waals surface area (Å²) in [5, 5.41) is 4.38. The van der Waals surface area contributed by atoms with Gasteiger partial charge in [-0.2, -0.15) is 0 Å². The Labute approximate surface area is 138 Å². The van der Waals surface area contributed by atoms with E-state index in [2.05, 4.69) is 36.5 Å². The molecule has 0 spiro atoms. The smallest absolute Gasteiger partial charge is 0.118 e. The van der Waals surface area contributed by atoms with Gasteiger partial charge >= 0.3 is 0 Å². The Hall–Kier alpha value is -1.51. The van der Waals surface area contributed by atoms with Gasteiger partial charge in [0.25, 0.3) is 0 Å². The Kier molecular flexibility index (Phi) is 6.75. The lowest BCUT2D eigenvalue weighted by Crippen LogP contribution is -2.28. The predicted octanol–water partition coefficient (Wildman–Crippen LogP) is 4.50. The Balaban J connectivity index is 1.66. The van der Waals surface area contributed by atoms with Crippen molar-refractivity contribution in [1.82, 2.24) is 5.32 Å². The van der Waals surface area contributed by atoms with Crippen LogP contribution < -0.4 is 10.1 Å². The third-order valence-corrected chi connectivity index (χ3v) is 4.10. The summed E-state index contributed by atoms with van der Waals surface area (Å²) in [6, 6.07) is 16.9. The summed E-state index contributed by atoms with van der Waals surface area (Å²) in [6.45, 7) is 3.23. The van der Waals surface area contributed by atoms with Gasteiger partial charge in [0, 0.05) is 11.1 Å². The van der Waals surface area contributed by atoms with Crippen LogP contribution in [0, 0.1) is 0 Å². The molecule has 0 bridgehead atoms. The van der Waals surface area contributed by atoms with Crippen molar-refractivity contribution in [2.45, 2.75) is 32.2 Å². The van der Waals surface area contributed by atoms with E-state index in [9.17, 15) is 0 Å². The maximum atomic E-state index is 5.89. The van der Waals surface area contributed by atoms with Crippen molar-refractivity contribution in [2.75, 3.05) is 13.7 Å². The van der Waals surface area contributed by atoms with Crippen LogP contribution in [0.3, 0.4) is 0 Å². The highest BCUT2D eigenvalue weighted by Crippen LogP contribution is 2.13. The summed E-state index contributed by atoms with van der Waals surface area (Å²) in [7, 11) is 1.70. The van der Waals surface area contributed by atoms with Crippen LogP contribution in [-0.4, -0.2) is 19.7 Å². The first kappa shape index (κ1) is 16.9. The molecule has 2 rings (SSSR count). The van der Waals surface area contributed by atoms with Gasteiger partial charge in [-0.05, 0) is 68.1 Å². The average molecular weight is 318 g/mol. The van der Waals surface area contributed by atoms with Crippen LogP contribution in [0.4, 0.5) is 0 Å². The largest absolute Gasteiger partial charge is 0.497 e. The molecule has 0 fully saturated rings. The first-order chi connectivity index (χ1) is 10.7. The quantitative estimate of drug-likeness (QED) is 0.774. The molecule has 118 valence electrons. The Bertz CT molecular complexity index is 551. The van der Waals surface area contributed by atoms with Gasteiger partial charge in [0.1, 0.15) is 5.75 Å². The van der Waals surface area contributed by atoms with Crippen LogP contribution >= 0.6 is 11.6 Å². The lowest BCUT2D eigenvalue weighted by molar-refractivity contribution is 0.414. The van der Waals surface area contributed by atoms with Gasteiger partial charge in [0.15, 0.2) is 0 Å². The highest BCUT2D eigenvalue weighted by Gasteiger charge is 2.03. The van der Waals surface area contributed by atoms with E-state index in [1.165, 1.54) is 11.1 Å². The second-order valence-electron chi connectivity index (χ2n) is 5.62. The van der Waals surface area contributed by atoms with Crippen LogP contribution in [0.15, 0.2) is 48.5 Å². The zero-order valence-electron chi connectivity index (χ0n) is 13.3. The maximum Gasteiger partial charge on any atom is 0.118 e. The summed E-state index contributed by atoms with van der Waals surface area (Å²) >= 11 is 5.89. The van der Waals surface area contributed by atoms with Crippen LogP contribution in [0.5, 0.6) is 5.75 Å². The van der Waals surface area contributed by atoms with E-state index in [-0.39, 0.29) is 0 Å². The molecule has 2 aromatic carbocycles. The van der Waals surface area contributed by atoms with Crippen molar-refractivity contribution >= 4 is 11.6 Å². The number of nitrogens with one attached hydrogen (secondary N) is 1. The normalized spacial score (nSPS) is 12.1. The topological polar surface area (TPSA) is 21.3 Å². The van der Waals surface area contributed by atoms with Crippen molar-refractivity contribution in [3.63, 3.8) is 0 Å². The number of hydrogen-bond acceptors (Lipinski definition) is 2. The molecule has 2 aromatic rings. The minimum absolute atomic E-state index is 0.509. The van der Waals surface area contributed by atoms with Crippen molar-refractivity contribution in [2.24, 2.45) is 0 Å². The molecule has 0 heterocycles. The van der Waals surface area contributed by atoms with Gasteiger partial charge < -0.3 is 10.1 Å². The van der Waals surface area contributed by atoms with E-state index in [1.807, 2.05) is 24.3 Å². The van der Waals surface area contributed by atoms with Crippen LogP contribution in [-0.2, 0) is 12.8 Å². The lowest BCUT2D eigenvalue weighted by atomic mass is 10.1. The molecule has 3 heteroatoms. The summed E-state index contributed by atoms with van der Waals surface area (Å²) in [4.78, 5) is 0. The van der Waals surface area contributed by atoms with E-state index in [0.717, 1.165) is 36.6 Å². The molecular weight excluding hydrogens is 294 g/mol. The Morgan fingerprint density at radius 3 is 2.18 bits per heavy atom. The van der Waals surface area contributed by atoms with Crippen LogP contribution in [0.1, 0.15) is 24.5 Å². The van der Waals surface area contributed by atoms with Crippen LogP contribution in [0.25, 0.3) is 0 Å². The highest BCUT2D eigenvalue weighted by atomic mass is 35.5. The van der Waals surface area contributed by atoms with Gasteiger partial charge in [0.05, 0.1) is 7.11 Å². The third-order valence-electron chi connectivity index (χ3n) is 3.84. The van der Waals surface area contributed by atoms with E-state index in [4.69, 9.17) is 16.3 Å². The molecule has 0 aliphatic heterocycles. The summed E-state index contributed by atoms with van der Waals surface area (Å²) in [5.41, 5.74) is 2.67. The molecule has 2 nitrogen and oxygen atoms in total. The number of ether oxygens (including phenoxy) is 1. The summed E-state index contributed by atoms with van der Waals surface area (Å²) < 4.78 is 5.18. The molecule has 1 N–H and O–H groups in total. The zero-order chi connectivity index (χ0) is 15.8. The molecule has 0 unspecified atom stereocenters. The lowest BCUT2D eigenvalue weighted by Gasteiger charge is -2.14. The van der Waals surface area contributed by atoms with E-state index >= 15 is 0 Å². The van der Waals surface area contributed by atoms with Gasteiger partial charge in [-0.15, -0.1) is 0 Å². The SMILES string of the molecule is COc1ccc(CC[C@@H](C)NCCc2ccc(Cl)cc2)cc1. The molecule has 0 saturated heterocycles. The molecule has 1 atom stereocenters. The van der Waals surface area contributed by atoms with Gasteiger partial charge in [-0.25, -0.2) is 0 Å². The monoisotopic (exact) mass is 317 g/mol. The molecule has 0 saturated carbocycles. The fourth-order valence-corrected chi connectivity index (χ4v) is 2.52. The maximum absolute atomic E-state index is 5.89. The number of aryl methyl sites for hydroxylation is 1. The fraction of sp³-hybridized carbons (Fsp3) is 0.368. The molecule has 0 aliphatic carbocycles. The first-order valence-corrected chi connectivity index (χ1v) is 8.16. The second kappa shape index (κ2) is 8.82. The van der Waals surface area contributed by atoms with E-state index in [0.29, 0.717) is 6.04 Å².